The Hall–Kier alpha value is -0.0800. The van der Waals surface area contributed by atoms with Crippen molar-refractivity contribution in [3.63, 3.8) is 0 Å². The smallest absolute Gasteiger partial charge is 0.0634 e. The Morgan fingerprint density at radius 3 is 2.67 bits per heavy atom. The fourth-order valence-corrected chi connectivity index (χ4v) is 4.55. The molecule has 15 heavy (non-hydrogen) atoms. The largest absolute Gasteiger partial charge is 0.0978 e. The maximum atomic E-state index is 4.28. The van der Waals surface area contributed by atoms with Gasteiger partial charge in [-0.25, -0.2) is 0 Å². The lowest BCUT2D eigenvalue weighted by atomic mass is 9.81. The van der Waals surface area contributed by atoms with Crippen LogP contribution in [0.2, 0.25) is 0 Å². The number of fused-ring (bicyclic) bond motifs is 5. The van der Waals surface area contributed by atoms with Gasteiger partial charge in [0, 0.05) is 17.2 Å². The van der Waals surface area contributed by atoms with Crippen LogP contribution in [0.15, 0.2) is 36.4 Å². The minimum Gasteiger partial charge on any atom is -0.0978 e. The Morgan fingerprint density at radius 2 is 2.00 bits per heavy atom. The molecule has 1 aromatic rings. The van der Waals surface area contributed by atoms with Crippen molar-refractivity contribution in [2.75, 3.05) is 5.33 Å². The van der Waals surface area contributed by atoms with Crippen LogP contribution in [0.25, 0.3) is 0 Å². The van der Waals surface area contributed by atoms with E-state index in [1.54, 1.807) is 0 Å². The number of allylic oxidation sites excluding steroid dienone is 1. The molecule has 3 atom stereocenters. The molecule has 0 spiro atoms. The summed E-state index contributed by atoms with van der Waals surface area (Å²) in [6.07, 6.45) is 1.23. The zero-order valence-corrected chi connectivity index (χ0v) is 11.5. The second-order valence-electron chi connectivity index (χ2n) is 4.49. The van der Waals surface area contributed by atoms with Crippen molar-refractivity contribution in [1.29, 1.82) is 0 Å². The Kier molecular flexibility index (Phi) is 2.16. The molecule has 1 aromatic carbocycles. The lowest BCUT2D eigenvalue weighted by Gasteiger charge is -2.33. The summed E-state index contributed by atoms with van der Waals surface area (Å²) in [5.74, 6) is 1.17. The number of alkyl halides is 2. The van der Waals surface area contributed by atoms with E-state index in [1.165, 1.54) is 23.1 Å². The van der Waals surface area contributed by atoms with E-state index < -0.39 is 0 Å². The van der Waals surface area contributed by atoms with Gasteiger partial charge in [-0.3, -0.25) is 0 Å². The second kappa shape index (κ2) is 3.21. The lowest BCUT2D eigenvalue weighted by Crippen LogP contribution is -2.30. The average molecular weight is 328 g/mol. The fourth-order valence-electron chi connectivity index (χ4n) is 3.09. The third-order valence-corrected chi connectivity index (χ3v) is 6.90. The molecule has 2 aliphatic rings. The second-order valence-corrected chi connectivity index (χ2v) is 6.47. The van der Waals surface area contributed by atoms with Gasteiger partial charge in [0.2, 0.25) is 0 Å². The van der Waals surface area contributed by atoms with Crippen molar-refractivity contribution < 1.29 is 0 Å². The zero-order valence-electron chi connectivity index (χ0n) is 8.34. The van der Waals surface area contributed by atoms with Gasteiger partial charge in [-0.15, -0.1) is 0 Å². The SMILES string of the molecule is C=C1[C@@H]2C[C@@H](c3ccccc32)[C@@]1(Br)CBr. The molecule has 0 saturated heterocycles. The first-order valence-corrected chi connectivity index (χ1v) is 7.13. The maximum absolute atomic E-state index is 4.28. The molecule has 2 bridgehead atoms. The van der Waals surface area contributed by atoms with Crippen LogP contribution in [0.4, 0.5) is 0 Å². The number of hydrogen-bond donors (Lipinski definition) is 0. The van der Waals surface area contributed by atoms with Crippen LogP contribution in [0.3, 0.4) is 0 Å². The Morgan fingerprint density at radius 1 is 1.33 bits per heavy atom. The molecule has 0 heterocycles. The molecule has 0 unspecified atom stereocenters. The van der Waals surface area contributed by atoms with E-state index >= 15 is 0 Å². The first-order chi connectivity index (χ1) is 7.18. The average Bonchev–Trinajstić information content (AvgIpc) is 2.77. The highest BCUT2D eigenvalue weighted by Gasteiger charge is 2.54. The summed E-state index contributed by atoms with van der Waals surface area (Å²) in [6.45, 7) is 4.28. The van der Waals surface area contributed by atoms with Gasteiger partial charge in [-0.05, 0) is 17.5 Å². The van der Waals surface area contributed by atoms with Crippen molar-refractivity contribution >= 4 is 31.9 Å². The van der Waals surface area contributed by atoms with Crippen molar-refractivity contribution in [3.05, 3.63) is 47.5 Å². The summed E-state index contributed by atoms with van der Waals surface area (Å²) in [5, 5.41) is 0.953. The molecular weight excluding hydrogens is 316 g/mol. The quantitative estimate of drug-likeness (QED) is 0.531. The highest BCUT2D eigenvalue weighted by atomic mass is 79.9. The first kappa shape index (κ1) is 10.1. The molecule has 2 aliphatic carbocycles. The molecule has 3 rings (SSSR count). The number of benzene rings is 1. The van der Waals surface area contributed by atoms with Gasteiger partial charge in [0.25, 0.3) is 0 Å². The van der Waals surface area contributed by atoms with E-state index in [2.05, 4.69) is 62.7 Å². The predicted octanol–water partition coefficient (Wildman–Crippen LogP) is 4.36. The first-order valence-electron chi connectivity index (χ1n) is 5.21. The van der Waals surface area contributed by atoms with Crippen LogP contribution < -0.4 is 0 Å². The zero-order chi connectivity index (χ0) is 10.6. The van der Waals surface area contributed by atoms with Crippen LogP contribution in [-0.4, -0.2) is 9.65 Å². The maximum Gasteiger partial charge on any atom is 0.0634 e. The molecule has 1 fully saturated rings. The Balaban J connectivity index is 2.19. The van der Waals surface area contributed by atoms with Crippen LogP contribution >= 0.6 is 31.9 Å². The van der Waals surface area contributed by atoms with Gasteiger partial charge in [0.05, 0.1) is 4.32 Å². The lowest BCUT2D eigenvalue weighted by molar-refractivity contribution is 0.663. The van der Waals surface area contributed by atoms with Crippen molar-refractivity contribution in [1.82, 2.24) is 0 Å². The number of halogens is 2. The molecular formula is C13H12Br2. The molecule has 0 aromatic heterocycles. The van der Waals surface area contributed by atoms with Gasteiger partial charge in [0.15, 0.2) is 0 Å². The van der Waals surface area contributed by atoms with E-state index in [1.807, 2.05) is 0 Å². The highest BCUT2D eigenvalue weighted by Crippen LogP contribution is 2.64. The molecule has 0 N–H and O–H groups in total. The predicted molar refractivity (Wildman–Crippen MR) is 71.1 cm³/mol. The van der Waals surface area contributed by atoms with Gasteiger partial charge in [-0.1, -0.05) is 68.3 Å². The summed E-state index contributed by atoms with van der Waals surface area (Å²) in [4.78, 5) is 0. The molecule has 2 heteroatoms. The van der Waals surface area contributed by atoms with Crippen LogP contribution in [0, 0.1) is 0 Å². The van der Waals surface area contributed by atoms with Gasteiger partial charge < -0.3 is 0 Å². The summed E-state index contributed by atoms with van der Waals surface area (Å²) in [7, 11) is 0. The van der Waals surface area contributed by atoms with Crippen LogP contribution in [0.1, 0.15) is 29.4 Å². The molecule has 0 aliphatic heterocycles. The van der Waals surface area contributed by atoms with Crippen molar-refractivity contribution in [2.24, 2.45) is 0 Å². The minimum atomic E-state index is 0.0893. The van der Waals surface area contributed by atoms with Crippen LogP contribution in [0.5, 0.6) is 0 Å². The highest BCUT2D eigenvalue weighted by molar-refractivity contribution is 9.12. The monoisotopic (exact) mass is 326 g/mol. The summed E-state index contributed by atoms with van der Waals surface area (Å²) < 4.78 is 0.0893. The van der Waals surface area contributed by atoms with Crippen molar-refractivity contribution in [2.45, 2.75) is 22.6 Å². The van der Waals surface area contributed by atoms with Gasteiger partial charge in [0.1, 0.15) is 0 Å². The van der Waals surface area contributed by atoms with E-state index in [4.69, 9.17) is 0 Å². The molecule has 1 saturated carbocycles. The molecule has 0 nitrogen and oxygen atoms in total. The van der Waals surface area contributed by atoms with Crippen LogP contribution in [-0.2, 0) is 0 Å². The third kappa shape index (κ3) is 1.13. The minimum absolute atomic E-state index is 0.0893. The van der Waals surface area contributed by atoms with Crippen molar-refractivity contribution in [3.8, 4) is 0 Å². The van der Waals surface area contributed by atoms with Gasteiger partial charge in [-0.2, -0.15) is 0 Å². The topological polar surface area (TPSA) is 0 Å². The summed E-state index contributed by atoms with van der Waals surface area (Å²) in [5.41, 5.74) is 4.37. The van der Waals surface area contributed by atoms with E-state index in [0.29, 0.717) is 11.8 Å². The fraction of sp³-hybridized carbons (Fsp3) is 0.385. The third-order valence-electron chi connectivity index (χ3n) is 3.92. The summed E-state index contributed by atoms with van der Waals surface area (Å²) >= 11 is 7.51. The Labute approximate surface area is 107 Å². The summed E-state index contributed by atoms with van der Waals surface area (Å²) in [6, 6.07) is 8.80. The molecule has 0 radical (unpaired) electrons. The van der Waals surface area contributed by atoms with E-state index in [9.17, 15) is 0 Å². The normalized spacial score (nSPS) is 37.1. The standard InChI is InChI=1S/C13H12Br2/c1-8-11-6-12(13(8,15)7-14)10-5-3-2-4-9(10)11/h2-5,11-12H,1,6-7H2/t11-,12-,13+/m0/s1. The number of rotatable bonds is 1. The number of hydrogen-bond acceptors (Lipinski definition) is 0. The van der Waals surface area contributed by atoms with E-state index in [0.717, 1.165) is 5.33 Å². The molecule has 0 amide bonds. The molecule has 78 valence electrons. The Bertz CT molecular complexity index is 438. The van der Waals surface area contributed by atoms with Gasteiger partial charge >= 0.3 is 0 Å². The van der Waals surface area contributed by atoms with E-state index in [-0.39, 0.29) is 4.32 Å².